The highest BCUT2D eigenvalue weighted by molar-refractivity contribution is 5.78. The quantitative estimate of drug-likeness (QED) is 0.861. The van der Waals surface area contributed by atoms with Crippen LogP contribution in [-0.4, -0.2) is 48.7 Å². The van der Waals surface area contributed by atoms with Crippen molar-refractivity contribution >= 4 is 5.91 Å². The molecule has 2 aliphatic rings. The van der Waals surface area contributed by atoms with E-state index >= 15 is 0 Å². The molecule has 2 fully saturated rings. The monoisotopic (exact) mass is 282 g/mol. The van der Waals surface area contributed by atoms with Crippen molar-refractivity contribution in [3.8, 4) is 0 Å². The summed E-state index contributed by atoms with van der Waals surface area (Å²) in [5.41, 5.74) is -0.0406. The highest BCUT2D eigenvalue weighted by atomic mass is 16.5. The van der Waals surface area contributed by atoms with E-state index in [4.69, 9.17) is 4.74 Å². The summed E-state index contributed by atoms with van der Waals surface area (Å²) in [7, 11) is 0. The van der Waals surface area contributed by atoms with Crippen LogP contribution in [0.3, 0.4) is 0 Å². The number of hydrogen-bond donors (Lipinski definition) is 1. The van der Waals surface area contributed by atoms with Gasteiger partial charge in [0.25, 0.3) is 0 Å². The Labute approximate surface area is 123 Å². The minimum Gasteiger partial charge on any atom is -0.378 e. The molecular formula is C16H30N2O2. The molecule has 0 bridgehead atoms. The number of amides is 1. The molecule has 1 saturated heterocycles. The molecule has 1 heterocycles. The van der Waals surface area contributed by atoms with Gasteiger partial charge in [0.05, 0.1) is 19.8 Å². The Bertz CT molecular complexity index is 343. The lowest BCUT2D eigenvalue weighted by molar-refractivity contribution is -0.128. The number of hydrogen-bond acceptors (Lipinski definition) is 3. The molecule has 0 spiro atoms. The minimum atomic E-state index is -0.0406. The number of morpholine rings is 1. The lowest BCUT2D eigenvalue weighted by atomic mass is 9.78. The average molecular weight is 282 g/mol. The fraction of sp³-hybridized carbons (Fsp3) is 0.938. The second-order valence-electron chi connectivity index (χ2n) is 7.23. The molecule has 0 radical (unpaired) electrons. The van der Waals surface area contributed by atoms with Crippen molar-refractivity contribution in [2.75, 3.05) is 26.3 Å². The molecule has 0 aromatic heterocycles. The number of carbonyl (C=O) groups is 1. The molecule has 20 heavy (non-hydrogen) atoms. The maximum absolute atomic E-state index is 12.3. The first-order chi connectivity index (χ1) is 9.40. The summed E-state index contributed by atoms with van der Waals surface area (Å²) in [5.74, 6) is 1.48. The molecule has 0 aromatic rings. The molecule has 1 saturated carbocycles. The summed E-state index contributed by atoms with van der Waals surface area (Å²) in [6.45, 7) is 11.6. The van der Waals surface area contributed by atoms with Gasteiger partial charge in [0.1, 0.15) is 0 Å². The Morgan fingerprint density at radius 1 is 1.35 bits per heavy atom. The van der Waals surface area contributed by atoms with E-state index < -0.39 is 0 Å². The van der Waals surface area contributed by atoms with Crippen LogP contribution in [0.1, 0.15) is 47.0 Å². The van der Waals surface area contributed by atoms with Crippen molar-refractivity contribution in [3.05, 3.63) is 0 Å². The van der Waals surface area contributed by atoms with E-state index in [1.807, 2.05) is 0 Å². The fourth-order valence-corrected chi connectivity index (χ4v) is 3.40. The number of nitrogens with zero attached hydrogens (tertiary/aromatic N) is 1. The molecule has 4 nitrogen and oxygen atoms in total. The van der Waals surface area contributed by atoms with E-state index in [1.54, 1.807) is 0 Å². The van der Waals surface area contributed by atoms with Crippen molar-refractivity contribution in [2.45, 2.75) is 58.5 Å². The zero-order chi connectivity index (χ0) is 14.8. The zero-order valence-electron chi connectivity index (χ0n) is 13.4. The highest BCUT2D eigenvalue weighted by Crippen LogP contribution is 2.29. The van der Waals surface area contributed by atoms with Gasteiger partial charge in [0, 0.05) is 18.1 Å². The number of carbonyl (C=O) groups excluding carboxylic acids is 1. The molecule has 1 amide bonds. The predicted molar refractivity (Wildman–Crippen MR) is 80.6 cm³/mol. The van der Waals surface area contributed by atoms with E-state index in [9.17, 15) is 4.79 Å². The summed E-state index contributed by atoms with van der Waals surface area (Å²) >= 11 is 0. The number of rotatable bonds is 3. The van der Waals surface area contributed by atoms with Crippen molar-refractivity contribution < 1.29 is 9.53 Å². The molecule has 0 aromatic carbocycles. The summed E-state index contributed by atoms with van der Waals surface area (Å²) in [4.78, 5) is 14.6. The van der Waals surface area contributed by atoms with Crippen LogP contribution >= 0.6 is 0 Å². The van der Waals surface area contributed by atoms with Gasteiger partial charge in [0.2, 0.25) is 5.91 Å². The average Bonchev–Trinajstić information content (AvgIpc) is 2.37. The van der Waals surface area contributed by atoms with Crippen molar-refractivity contribution in [3.63, 3.8) is 0 Å². The first kappa shape index (κ1) is 15.8. The van der Waals surface area contributed by atoms with Crippen LogP contribution < -0.4 is 5.32 Å². The third-order valence-corrected chi connectivity index (χ3v) is 5.20. The molecule has 1 aliphatic carbocycles. The summed E-state index contributed by atoms with van der Waals surface area (Å²) < 4.78 is 5.50. The van der Waals surface area contributed by atoms with E-state index in [1.165, 1.54) is 12.8 Å². The zero-order valence-corrected chi connectivity index (χ0v) is 13.4. The van der Waals surface area contributed by atoms with Crippen LogP contribution in [0.2, 0.25) is 0 Å². The van der Waals surface area contributed by atoms with E-state index in [0.29, 0.717) is 31.0 Å². The Kier molecular flexibility index (Phi) is 5.08. The molecule has 1 N–H and O–H groups in total. The van der Waals surface area contributed by atoms with Gasteiger partial charge in [-0.15, -0.1) is 0 Å². The van der Waals surface area contributed by atoms with Crippen LogP contribution in [0, 0.1) is 11.8 Å². The molecule has 3 unspecified atom stereocenters. The Hall–Kier alpha value is -0.610. The van der Waals surface area contributed by atoms with Gasteiger partial charge in [-0.05, 0) is 32.1 Å². The van der Waals surface area contributed by atoms with E-state index in [2.05, 4.69) is 37.9 Å². The molecule has 1 aliphatic heterocycles. The second kappa shape index (κ2) is 6.44. The highest BCUT2D eigenvalue weighted by Gasteiger charge is 2.33. The summed E-state index contributed by atoms with van der Waals surface area (Å²) in [5, 5.41) is 3.26. The van der Waals surface area contributed by atoms with Gasteiger partial charge in [-0.25, -0.2) is 0 Å². The summed E-state index contributed by atoms with van der Waals surface area (Å²) in [6, 6.07) is 0.357. The Balaban J connectivity index is 1.85. The van der Waals surface area contributed by atoms with Crippen molar-refractivity contribution in [1.29, 1.82) is 0 Å². The second-order valence-corrected chi connectivity index (χ2v) is 7.23. The third kappa shape index (κ3) is 3.73. The van der Waals surface area contributed by atoms with Gasteiger partial charge in [-0.3, -0.25) is 9.69 Å². The topological polar surface area (TPSA) is 41.6 Å². The van der Waals surface area contributed by atoms with Gasteiger partial charge >= 0.3 is 0 Å². The minimum absolute atomic E-state index is 0.0406. The predicted octanol–water partition coefficient (Wildman–Crippen LogP) is 2.04. The maximum Gasteiger partial charge on any atom is 0.234 e. The van der Waals surface area contributed by atoms with Gasteiger partial charge in [-0.2, -0.15) is 0 Å². The van der Waals surface area contributed by atoms with Crippen LogP contribution in [0.25, 0.3) is 0 Å². The van der Waals surface area contributed by atoms with Crippen LogP contribution in [0.5, 0.6) is 0 Å². The van der Waals surface area contributed by atoms with Crippen LogP contribution in [-0.2, 0) is 9.53 Å². The largest absolute Gasteiger partial charge is 0.378 e. The lowest BCUT2D eigenvalue weighted by Crippen LogP contribution is -2.57. The van der Waals surface area contributed by atoms with Gasteiger partial charge in [-0.1, -0.05) is 26.7 Å². The van der Waals surface area contributed by atoms with Crippen LogP contribution in [0.15, 0.2) is 0 Å². The Morgan fingerprint density at radius 2 is 2.10 bits per heavy atom. The SMILES string of the molecule is CC1CCCC(NC(=O)CN2CCOCC2(C)C)C1C. The van der Waals surface area contributed by atoms with E-state index in [-0.39, 0.29) is 11.4 Å². The standard InChI is InChI=1S/C16H30N2O2/c1-12-6-5-7-14(13(12)2)17-15(19)10-18-8-9-20-11-16(18,3)4/h12-14H,5-11H2,1-4H3,(H,17,19). The summed E-state index contributed by atoms with van der Waals surface area (Å²) in [6.07, 6.45) is 3.66. The number of ether oxygens (including phenoxy) is 1. The van der Waals surface area contributed by atoms with Gasteiger partial charge < -0.3 is 10.1 Å². The normalized spacial score (nSPS) is 34.7. The number of nitrogens with one attached hydrogen (secondary N) is 1. The first-order valence-electron chi connectivity index (χ1n) is 8.02. The first-order valence-corrected chi connectivity index (χ1v) is 8.02. The fourth-order valence-electron chi connectivity index (χ4n) is 3.40. The van der Waals surface area contributed by atoms with Crippen LogP contribution in [0.4, 0.5) is 0 Å². The third-order valence-electron chi connectivity index (χ3n) is 5.20. The molecule has 2 rings (SSSR count). The molecule has 116 valence electrons. The lowest BCUT2D eigenvalue weighted by Gasteiger charge is -2.42. The van der Waals surface area contributed by atoms with Crippen molar-refractivity contribution in [1.82, 2.24) is 10.2 Å². The van der Waals surface area contributed by atoms with Gasteiger partial charge in [0.15, 0.2) is 0 Å². The molecular weight excluding hydrogens is 252 g/mol. The Morgan fingerprint density at radius 3 is 2.80 bits per heavy atom. The molecule has 4 heteroatoms. The molecule has 3 atom stereocenters. The van der Waals surface area contributed by atoms with E-state index in [0.717, 1.165) is 19.6 Å². The maximum atomic E-state index is 12.3. The smallest absolute Gasteiger partial charge is 0.234 e. The van der Waals surface area contributed by atoms with Crippen molar-refractivity contribution in [2.24, 2.45) is 11.8 Å².